The van der Waals surface area contributed by atoms with Gasteiger partial charge in [-0.3, -0.25) is 4.79 Å². The van der Waals surface area contributed by atoms with Gasteiger partial charge in [0.2, 0.25) is 10.9 Å². The molecule has 0 unspecified atom stereocenters. The Kier molecular flexibility index (Phi) is 3.76. The molecule has 0 atom stereocenters. The third-order valence-electron chi connectivity index (χ3n) is 3.84. The molecule has 0 aliphatic carbocycles. The van der Waals surface area contributed by atoms with Crippen LogP contribution in [0.2, 0.25) is 0 Å². The Labute approximate surface area is 136 Å². The summed E-state index contributed by atoms with van der Waals surface area (Å²) >= 11 is 1.47. The van der Waals surface area contributed by atoms with E-state index in [1.165, 1.54) is 11.3 Å². The fraction of sp³-hybridized carbons (Fsp3) is 0.333. The molecular formula is C15H15N5O2S. The lowest BCUT2D eigenvalue weighted by molar-refractivity contribution is -0.134. The van der Waals surface area contributed by atoms with E-state index < -0.39 is 0 Å². The summed E-state index contributed by atoms with van der Waals surface area (Å²) in [5, 5.41) is 13.2. The zero-order valence-electron chi connectivity index (χ0n) is 12.4. The van der Waals surface area contributed by atoms with E-state index in [0.717, 1.165) is 21.1 Å². The number of hydrogen-bond acceptors (Lipinski definition) is 6. The van der Waals surface area contributed by atoms with Crippen LogP contribution in [-0.2, 0) is 16.0 Å². The van der Waals surface area contributed by atoms with E-state index in [9.17, 15) is 4.79 Å². The smallest absolute Gasteiger partial charge is 0.234 e. The first-order chi connectivity index (χ1) is 11.3. The van der Waals surface area contributed by atoms with E-state index in [0.29, 0.717) is 32.7 Å². The SMILES string of the molecule is O=C(Cc1ccccc1-c1nn2cnnc2s1)N1CCOCC1. The maximum atomic E-state index is 12.5. The quantitative estimate of drug-likeness (QED) is 0.723. The fourth-order valence-corrected chi connectivity index (χ4v) is 3.52. The third kappa shape index (κ3) is 2.82. The Morgan fingerprint density at radius 3 is 2.91 bits per heavy atom. The maximum absolute atomic E-state index is 12.5. The first kappa shape index (κ1) is 14.3. The summed E-state index contributed by atoms with van der Waals surface area (Å²) < 4.78 is 6.95. The minimum Gasteiger partial charge on any atom is -0.378 e. The van der Waals surface area contributed by atoms with Gasteiger partial charge in [-0.25, -0.2) is 0 Å². The minimum absolute atomic E-state index is 0.128. The van der Waals surface area contributed by atoms with E-state index in [1.807, 2.05) is 29.2 Å². The summed E-state index contributed by atoms with van der Waals surface area (Å²) in [7, 11) is 0. The summed E-state index contributed by atoms with van der Waals surface area (Å²) in [6.07, 6.45) is 1.95. The van der Waals surface area contributed by atoms with Gasteiger partial charge in [0.05, 0.1) is 19.6 Å². The Hall–Kier alpha value is -2.32. The first-order valence-corrected chi connectivity index (χ1v) is 8.23. The van der Waals surface area contributed by atoms with Crippen molar-refractivity contribution in [1.82, 2.24) is 24.7 Å². The Balaban J connectivity index is 1.61. The van der Waals surface area contributed by atoms with E-state index >= 15 is 0 Å². The highest BCUT2D eigenvalue weighted by atomic mass is 32.1. The fourth-order valence-electron chi connectivity index (χ4n) is 2.64. The van der Waals surface area contributed by atoms with Crippen LogP contribution in [-0.4, -0.2) is 56.9 Å². The van der Waals surface area contributed by atoms with Crippen LogP contribution in [0, 0.1) is 0 Å². The molecule has 1 amide bonds. The number of aromatic nitrogens is 4. The molecule has 1 aromatic carbocycles. The van der Waals surface area contributed by atoms with Crippen molar-refractivity contribution >= 4 is 22.2 Å². The van der Waals surface area contributed by atoms with Crippen LogP contribution in [0.1, 0.15) is 5.56 Å². The van der Waals surface area contributed by atoms with Gasteiger partial charge in [0.25, 0.3) is 0 Å². The molecular weight excluding hydrogens is 314 g/mol. The highest BCUT2D eigenvalue weighted by molar-refractivity contribution is 7.19. The van der Waals surface area contributed by atoms with Crippen molar-refractivity contribution < 1.29 is 9.53 Å². The number of ether oxygens (including phenoxy) is 1. The van der Waals surface area contributed by atoms with Crippen molar-refractivity contribution in [2.75, 3.05) is 26.3 Å². The van der Waals surface area contributed by atoms with Crippen LogP contribution >= 0.6 is 11.3 Å². The Morgan fingerprint density at radius 2 is 2.09 bits per heavy atom. The second kappa shape index (κ2) is 6.05. The maximum Gasteiger partial charge on any atom is 0.234 e. The molecule has 0 radical (unpaired) electrons. The highest BCUT2D eigenvalue weighted by Gasteiger charge is 2.19. The number of carbonyl (C=O) groups excluding carboxylic acids is 1. The molecule has 0 spiro atoms. The predicted molar refractivity (Wildman–Crippen MR) is 85.2 cm³/mol. The zero-order chi connectivity index (χ0) is 15.6. The Bertz CT molecular complexity index is 809. The number of benzene rings is 1. The van der Waals surface area contributed by atoms with Gasteiger partial charge in [-0.1, -0.05) is 35.6 Å². The van der Waals surface area contributed by atoms with Crippen molar-refractivity contribution in [3.63, 3.8) is 0 Å². The molecule has 1 fully saturated rings. The topological polar surface area (TPSA) is 72.6 Å². The summed E-state index contributed by atoms with van der Waals surface area (Å²) in [6.45, 7) is 2.56. The number of nitrogens with zero attached hydrogens (tertiary/aromatic N) is 5. The van der Waals surface area contributed by atoms with E-state index in [1.54, 1.807) is 10.8 Å². The average molecular weight is 329 g/mol. The lowest BCUT2D eigenvalue weighted by Gasteiger charge is -2.27. The standard InChI is InChI=1S/C15H15N5O2S/c21-13(19-5-7-22-8-6-19)9-11-3-1-2-4-12(11)14-18-20-10-16-17-15(20)23-14/h1-4,10H,5-9H2. The number of fused-ring (bicyclic) bond motifs is 1. The van der Waals surface area contributed by atoms with Crippen LogP contribution in [0.4, 0.5) is 0 Å². The van der Waals surface area contributed by atoms with Gasteiger partial charge in [0.15, 0.2) is 0 Å². The molecule has 0 N–H and O–H groups in total. The van der Waals surface area contributed by atoms with Gasteiger partial charge < -0.3 is 9.64 Å². The van der Waals surface area contributed by atoms with Gasteiger partial charge >= 0.3 is 0 Å². The van der Waals surface area contributed by atoms with E-state index in [2.05, 4.69) is 15.3 Å². The lowest BCUT2D eigenvalue weighted by atomic mass is 10.0. The predicted octanol–water partition coefficient (Wildman–Crippen LogP) is 1.25. The van der Waals surface area contributed by atoms with Gasteiger partial charge in [0.1, 0.15) is 11.3 Å². The van der Waals surface area contributed by atoms with Crippen molar-refractivity contribution in [3.8, 4) is 10.6 Å². The lowest BCUT2D eigenvalue weighted by Crippen LogP contribution is -2.41. The second-order valence-electron chi connectivity index (χ2n) is 5.29. The molecule has 3 aromatic rings. The molecule has 1 saturated heterocycles. The molecule has 0 saturated carbocycles. The van der Waals surface area contributed by atoms with E-state index in [4.69, 9.17) is 4.74 Å². The summed E-state index contributed by atoms with van der Waals surface area (Å²) in [5.41, 5.74) is 1.96. The van der Waals surface area contributed by atoms with Gasteiger partial charge in [-0.2, -0.15) is 9.61 Å². The number of hydrogen-bond donors (Lipinski definition) is 0. The van der Waals surface area contributed by atoms with Crippen LogP contribution in [0.3, 0.4) is 0 Å². The highest BCUT2D eigenvalue weighted by Crippen LogP contribution is 2.28. The van der Waals surface area contributed by atoms with Crippen molar-refractivity contribution in [2.24, 2.45) is 0 Å². The summed E-state index contributed by atoms with van der Waals surface area (Å²) in [6, 6.07) is 7.88. The van der Waals surface area contributed by atoms with Crippen LogP contribution < -0.4 is 0 Å². The average Bonchev–Trinajstić information content (AvgIpc) is 3.18. The molecule has 1 aliphatic heterocycles. The normalized spacial score (nSPS) is 15.2. The molecule has 7 nitrogen and oxygen atoms in total. The molecule has 8 heteroatoms. The largest absolute Gasteiger partial charge is 0.378 e. The Morgan fingerprint density at radius 1 is 1.26 bits per heavy atom. The van der Waals surface area contributed by atoms with E-state index in [-0.39, 0.29) is 5.91 Å². The molecule has 1 aliphatic rings. The number of carbonyl (C=O) groups is 1. The molecule has 3 heterocycles. The first-order valence-electron chi connectivity index (χ1n) is 7.42. The number of amides is 1. The molecule has 2 aromatic heterocycles. The monoisotopic (exact) mass is 329 g/mol. The van der Waals surface area contributed by atoms with Gasteiger partial charge in [-0.15, -0.1) is 10.2 Å². The van der Waals surface area contributed by atoms with Crippen LogP contribution in [0.25, 0.3) is 15.5 Å². The second-order valence-corrected chi connectivity index (χ2v) is 6.25. The summed E-state index contributed by atoms with van der Waals surface area (Å²) in [5.74, 6) is 0.128. The van der Waals surface area contributed by atoms with Crippen LogP contribution in [0.15, 0.2) is 30.6 Å². The van der Waals surface area contributed by atoms with Gasteiger partial charge in [0, 0.05) is 18.7 Å². The van der Waals surface area contributed by atoms with Crippen molar-refractivity contribution in [1.29, 1.82) is 0 Å². The van der Waals surface area contributed by atoms with Crippen molar-refractivity contribution in [2.45, 2.75) is 6.42 Å². The van der Waals surface area contributed by atoms with Gasteiger partial charge in [-0.05, 0) is 5.56 Å². The molecule has 23 heavy (non-hydrogen) atoms. The molecule has 118 valence electrons. The third-order valence-corrected chi connectivity index (χ3v) is 4.79. The number of morpholine rings is 1. The van der Waals surface area contributed by atoms with Crippen LogP contribution in [0.5, 0.6) is 0 Å². The molecule has 4 rings (SSSR count). The van der Waals surface area contributed by atoms with Crippen molar-refractivity contribution in [3.05, 3.63) is 36.2 Å². The molecule has 0 bridgehead atoms. The minimum atomic E-state index is 0.128. The number of rotatable bonds is 3. The summed E-state index contributed by atoms with van der Waals surface area (Å²) in [4.78, 5) is 15.1. The zero-order valence-corrected chi connectivity index (χ0v) is 13.2.